The second-order valence-corrected chi connectivity index (χ2v) is 10.0. The van der Waals surface area contributed by atoms with E-state index in [2.05, 4.69) is 5.32 Å². The number of aliphatic hydroxyl groups is 6. The van der Waals surface area contributed by atoms with Crippen molar-refractivity contribution in [3.63, 3.8) is 0 Å². The molecule has 2 saturated heterocycles. The number of hydrogen-bond acceptors (Lipinski definition) is 13. The molecule has 2 amide bonds. The summed E-state index contributed by atoms with van der Waals surface area (Å²) in [5.74, 6) is -0.635. The second-order valence-electron chi connectivity index (χ2n) is 10.0. The van der Waals surface area contributed by atoms with Gasteiger partial charge in [0.1, 0.15) is 36.6 Å². The molecule has 0 bridgehead atoms. The smallest absolute Gasteiger partial charge is 0.234 e. The van der Waals surface area contributed by atoms with Crippen LogP contribution in [0.4, 0.5) is 0 Å². The molecule has 228 valence electrons. The highest BCUT2D eigenvalue weighted by atomic mass is 16.7. The summed E-state index contributed by atoms with van der Waals surface area (Å²) >= 11 is 0. The van der Waals surface area contributed by atoms with Crippen molar-refractivity contribution in [2.24, 2.45) is 5.73 Å². The fourth-order valence-corrected chi connectivity index (χ4v) is 4.26. The monoisotopic (exact) mass is 567 g/mol. The molecule has 2 rings (SSSR count). The van der Waals surface area contributed by atoms with E-state index in [-0.39, 0.29) is 44.7 Å². The zero-order chi connectivity index (χ0) is 29.1. The summed E-state index contributed by atoms with van der Waals surface area (Å²) < 4.78 is 22.0. The molecular formula is C24H45N3O12. The summed E-state index contributed by atoms with van der Waals surface area (Å²) in [7, 11) is 0. The summed E-state index contributed by atoms with van der Waals surface area (Å²) in [6, 6.07) is 0. The first-order chi connectivity index (χ1) is 18.4. The summed E-state index contributed by atoms with van der Waals surface area (Å²) in [5, 5.41) is 62.7. The molecule has 39 heavy (non-hydrogen) atoms. The predicted molar refractivity (Wildman–Crippen MR) is 134 cm³/mol. The third-order valence-corrected chi connectivity index (χ3v) is 6.79. The zero-order valence-electron chi connectivity index (χ0n) is 22.5. The van der Waals surface area contributed by atoms with Crippen molar-refractivity contribution in [1.29, 1.82) is 0 Å². The van der Waals surface area contributed by atoms with E-state index >= 15 is 0 Å². The van der Waals surface area contributed by atoms with Gasteiger partial charge in [-0.05, 0) is 26.7 Å². The Labute approximate surface area is 227 Å². The van der Waals surface area contributed by atoms with Crippen molar-refractivity contribution in [3.8, 4) is 0 Å². The molecule has 2 heterocycles. The number of ether oxygens (including phenoxy) is 4. The molecule has 2 fully saturated rings. The number of carbonyl (C=O) groups is 2. The number of unbranched alkanes of at least 4 members (excludes halogenated alkanes) is 2. The first-order valence-corrected chi connectivity index (χ1v) is 13.3. The van der Waals surface area contributed by atoms with E-state index < -0.39 is 61.4 Å². The Morgan fingerprint density at radius 1 is 0.769 bits per heavy atom. The Balaban J connectivity index is 1.85. The van der Waals surface area contributed by atoms with Gasteiger partial charge < -0.3 is 60.6 Å². The molecule has 0 radical (unpaired) electrons. The maximum atomic E-state index is 12.5. The van der Waals surface area contributed by atoms with Gasteiger partial charge in [-0.25, -0.2) is 0 Å². The predicted octanol–water partition coefficient (Wildman–Crippen LogP) is -3.86. The Morgan fingerprint density at radius 3 is 1.72 bits per heavy atom. The van der Waals surface area contributed by atoms with Crippen molar-refractivity contribution in [2.45, 2.75) is 101 Å². The Kier molecular flexibility index (Phi) is 14.4. The molecule has 0 aromatic heterocycles. The van der Waals surface area contributed by atoms with E-state index in [1.807, 2.05) is 0 Å². The van der Waals surface area contributed by atoms with Gasteiger partial charge in [0.25, 0.3) is 0 Å². The van der Waals surface area contributed by atoms with Gasteiger partial charge in [0.05, 0.1) is 32.0 Å². The Bertz CT molecular complexity index is 709. The van der Waals surface area contributed by atoms with Crippen molar-refractivity contribution in [1.82, 2.24) is 10.2 Å². The number of carbonyl (C=O) groups excluding carboxylic acids is 2. The van der Waals surface area contributed by atoms with Crippen LogP contribution in [0.2, 0.25) is 0 Å². The third kappa shape index (κ3) is 10.8. The Hall–Kier alpha value is -1.50. The topological polar surface area (TPSA) is 234 Å². The second kappa shape index (κ2) is 16.7. The maximum absolute atomic E-state index is 12.5. The number of rotatable bonds is 16. The minimum atomic E-state index is -1.46. The summed E-state index contributed by atoms with van der Waals surface area (Å²) in [6.45, 7) is 3.85. The number of aliphatic hydroxyl groups excluding tert-OH is 6. The average Bonchev–Trinajstić information content (AvgIpc) is 2.89. The lowest BCUT2D eigenvalue weighted by molar-refractivity contribution is -0.295. The highest BCUT2D eigenvalue weighted by molar-refractivity contribution is 5.78. The van der Waals surface area contributed by atoms with Gasteiger partial charge in [-0.15, -0.1) is 0 Å². The van der Waals surface area contributed by atoms with Gasteiger partial charge in [0, 0.05) is 26.1 Å². The lowest BCUT2D eigenvalue weighted by Crippen LogP contribution is -2.57. The van der Waals surface area contributed by atoms with E-state index in [0.29, 0.717) is 25.8 Å². The van der Waals surface area contributed by atoms with Gasteiger partial charge in [0.2, 0.25) is 11.8 Å². The van der Waals surface area contributed by atoms with Crippen molar-refractivity contribution in [3.05, 3.63) is 0 Å². The molecule has 10 atom stereocenters. The fraction of sp³-hybridized carbons (Fsp3) is 0.917. The molecule has 9 N–H and O–H groups in total. The molecule has 0 aromatic carbocycles. The van der Waals surface area contributed by atoms with Crippen LogP contribution in [0, 0.1) is 0 Å². The summed E-state index contributed by atoms with van der Waals surface area (Å²) in [4.78, 5) is 25.0. The minimum Gasteiger partial charge on any atom is -0.388 e. The number of nitrogens with two attached hydrogens (primary N) is 1. The fourth-order valence-electron chi connectivity index (χ4n) is 4.26. The van der Waals surface area contributed by atoms with Crippen LogP contribution < -0.4 is 11.1 Å². The number of nitrogens with one attached hydrogen (secondary N) is 1. The van der Waals surface area contributed by atoms with Crippen LogP contribution in [-0.2, 0) is 28.5 Å². The van der Waals surface area contributed by atoms with Gasteiger partial charge >= 0.3 is 0 Å². The average molecular weight is 568 g/mol. The number of hydrogen-bond donors (Lipinski definition) is 8. The van der Waals surface area contributed by atoms with Crippen LogP contribution >= 0.6 is 0 Å². The Morgan fingerprint density at radius 2 is 1.26 bits per heavy atom. The van der Waals surface area contributed by atoms with Crippen LogP contribution in [0.5, 0.6) is 0 Å². The molecule has 0 aromatic rings. The van der Waals surface area contributed by atoms with Crippen molar-refractivity contribution in [2.75, 3.05) is 39.4 Å². The molecule has 0 saturated carbocycles. The van der Waals surface area contributed by atoms with Crippen molar-refractivity contribution >= 4 is 11.8 Å². The van der Waals surface area contributed by atoms with E-state index in [4.69, 9.17) is 24.7 Å². The highest BCUT2D eigenvalue weighted by Crippen LogP contribution is 2.23. The zero-order valence-corrected chi connectivity index (χ0v) is 22.5. The van der Waals surface area contributed by atoms with E-state index in [1.54, 1.807) is 4.90 Å². The number of primary amides is 1. The van der Waals surface area contributed by atoms with Gasteiger partial charge in [-0.1, -0.05) is 6.42 Å². The lowest BCUT2D eigenvalue weighted by Gasteiger charge is -2.39. The standard InChI is InChI=1S/C24H45N3O12/c1-13-17(30)19(32)21(34)23(38-13)36-10-8-27(12-16(29)26-7-5-3-4-6-15(25)28)9-11-37-24-22(35)20(33)18(31)14(2)39-24/h13-14,17-24,30-35H,3-12H2,1-2H3,(H2,25,28)(H,26,29)/t13-,14-,17+,18+,19+,20+,21-,22-,23+,24+/m0/s1. The first-order valence-electron chi connectivity index (χ1n) is 13.3. The molecule has 15 nitrogen and oxygen atoms in total. The summed E-state index contributed by atoms with van der Waals surface area (Å²) in [6.07, 6.45) is -9.82. The van der Waals surface area contributed by atoms with E-state index in [9.17, 15) is 40.2 Å². The van der Waals surface area contributed by atoms with Gasteiger partial charge in [0.15, 0.2) is 12.6 Å². The maximum Gasteiger partial charge on any atom is 0.234 e. The minimum absolute atomic E-state index is 0.00214. The highest BCUT2D eigenvalue weighted by Gasteiger charge is 2.43. The molecule has 0 unspecified atom stereocenters. The van der Waals surface area contributed by atoms with Crippen LogP contribution in [-0.4, -0.2) is 148 Å². The van der Waals surface area contributed by atoms with E-state index in [0.717, 1.165) is 6.42 Å². The van der Waals surface area contributed by atoms with Crippen LogP contribution in [0.1, 0.15) is 39.5 Å². The van der Waals surface area contributed by atoms with Crippen LogP contribution in [0.15, 0.2) is 0 Å². The van der Waals surface area contributed by atoms with Crippen LogP contribution in [0.25, 0.3) is 0 Å². The molecule has 2 aliphatic heterocycles. The third-order valence-electron chi connectivity index (χ3n) is 6.79. The normalized spacial score (nSPS) is 35.2. The largest absolute Gasteiger partial charge is 0.388 e. The number of amides is 2. The first kappa shape index (κ1) is 33.7. The van der Waals surface area contributed by atoms with Gasteiger partial charge in [-0.3, -0.25) is 14.5 Å². The van der Waals surface area contributed by atoms with Crippen molar-refractivity contribution < 1.29 is 59.2 Å². The lowest BCUT2D eigenvalue weighted by atomic mass is 10.0. The molecule has 0 aliphatic carbocycles. The summed E-state index contributed by atoms with van der Waals surface area (Å²) in [5.41, 5.74) is 5.11. The molecular weight excluding hydrogens is 522 g/mol. The number of nitrogens with zero attached hydrogens (tertiary/aromatic N) is 1. The molecule has 2 aliphatic rings. The molecule has 0 spiro atoms. The van der Waals surface area contributed by atoms with Gasteiger partial charge in [-0.2, -0.15) is 0 Å². The molecule has 15 heteroatoms. The quantitative estimate of drug-likeness (QED) is 0.0835. The van der Waals surface area contributed by atoms with Crippen LogP contribution in [0.3, 0.4) is 0 Å². The SMILES string of the molecule is C[C@@H]1O[C@@H](OCCN(CCO[C@@H]2O[C@@H](C)[C@@H](O)[C@@H](O)[C@@H]2O)CC(=O)NCCCCCC(N)=O)[C@@H](O)[C@H](O)[C@@H]1O. The van der Waals surface area contributed by atoms with E-state index in [1.165, 1.54) is 13.8 Å².